The average molecular weight is 364 g/mol. The molecule has 0 amide bonds. The molecule has 2 saturated heterocycles. The predicted molar refractivity (Wildman–Crippen MR) is 88.3 cm³/mol. The van der Waals surface area contributed by atoms with Crippen molar-refractivity contribution >= 4 is 11.9 Å². The second-order valence-electron chi connectivity index (χ2n) is 6.72. The second kappa shape index (κ2) is 8.73. The van der Waals surface area contributed by atoms with E-state index in [2.05, 4.69) is 15.2 Å². The van der Waals surface area contributed by atoms with Crippen LogP contribution in [0.5, 0.6) is 0 Å². The monoisotopic (exact) mass is 364 g/mol. The molecule has 2 fully saturated rings. The summed E-state index contributed by atoms with van der Waals surface area (Å²) in [6, 6.07) is 0. The fourth-order valence-corrected chi connectivity index (χ4v) is 3.54. The summed E-state index contributed by atoms with van der Waals surface area (Å²) in [5.74, 6) is 0.702. The van der Waals surface area contributed by atoms with Crippen molar-refractivity contribution in [1.29, 1.82) is 0 Å². The minimum Gasteiger partial charge on any atom is -0.469 e. The van der Waals surface area contributed by atoms with Crippen molar-refractivity contribution in [1.82, 2.24) is 15.1 Å². The van der Waals surface area contributed by atoms with Crippen molar-refractivity contribution in [3.8, 4) is 0 Å². The molecule has 2 aliphatic rings. The number of alkyl halides is 3. The quantitative estimate of drug-likeness (QED) is 0.463. The van der Waals surface area contributed by atoms with Gasteiger partial charge in [0.05, 0.1) is 19.6 Å². The molecule has 2 rings (SSSR count). The van der Waals surface area contributed by atoms with Crippen LogP contribution in [0.4, 0.5) is 13.2 Å². The molecule has 0 bridgehead atoms. The third-order valence-corrected chi connectivity index (χ3v) is 4.86. The van der Waals surface area contributed by atoms with E-state index in [4.69, 9.17) is 4.74 Å². The van der Waals surface area contributed by atoms with Gasteiger partial charge in [0.15, 0.2) is 5.96 Å². The summed E-state index contributed by atoms with van der Waals surface area (Å²) in [7, 11) is 3.10. The summed E-state index contributed by atoms with van der Waals surface area (Å²) >= 11 is 0. The van der Waals surface area contributed by atoms with Gasteiger partial charge in [-0.3, -0.25) is 14.7 Å². The number of hydrogen-bond acceptors (Lipinski definition) is 4. The molecule has 1 unspecified atom stereocenters. The van der Waals surface area contributed by atoms with Crippen molar-refractivity contribution in [2.24, 2.45) is 16.8 Å². The molecular formula is C16H27F3N4O2. The standard InChI is InChI=1S/C16H27F3N4O2/c1-20-15(23-7-4-13(5-8-23)14(24)25-2)21-9-12-3-6-22(10-12)11-16(17,18)19/h12-13H,3-11H2,1-2H3,(H,20,21). The zero-order valence-corrected chi connectivity index (χ0v) is 14.8. The van der Waals surface area contributed by atoms with E-state index >= 15 is 0 Å². The van der Waals surface area contributed by atoms with E-state index in [-0.39, 0.29) is 17.8 Å². The molecule has 2 heterocycles. The number of nitrogens with zero attached hydrogens (tertiary/aromatic N) is 3. The lowest BCUT2D eigenvalue weighted by molar-refractivity contribution is -0.146. The summed E-state index contributed by atoms with van der Waals surface area (Å²) < 4.78 is 42.1. The van der Waals surface area contributed by atoms with Crippen LogP contribution in [0.2, 0.25) is 0 Å². The van der Waals surface area contributed by atoms with Crippen LogP contribution < -0.4 is 5.32 Å². The Morgan fingerprint density at radius 1 is 1.24 bits per heavy atom. The number of piperidine rings is 1. The largest absolute Gasteiger partial charge is 0.469 e. The van der Waals surface area contributed by atoms with Gasteiger partial charge in [-0.1, -0.05) is 0 Å². The maximum Gasteiger partial charge on any atom is 0.401 e. The lowest BCUT2D eigenvalue weighted by atomic mass is 9.97. The molecule has 1 N–H and O–H groups in total. The average Bonchev–Trinajstić information content (AvgIpc) is 3.00. The van der Waals surface area contributed by atoms with Gasteiger partial charge in [0.1, 0.15) is 0 Å². The number of nitrogens with one attached hydrogen (secondary N) is 1. The number of methoxy groups -OCH3 is 1. The molecule has 0 saturated carbocycles. The molecule has 0 radical (unpaired) electrons. The summed E-state index contributed by atoms with van der Waals surface area (Å²) in [5.41, 5.74) is 0. The van der Waals surface area contributed by atoms with Crippen LogP contribution in [0, 0.1) is 11.8 Å². The molecule has 9 heteroatoms. The fraction of sp³-hybridized carbons (Fsp3) is 0.875. The molecule has 2 aliphatic heterocycles. The maximum absolute atomic E-state index is 12.4. The predicted octanol–water partition coefficient (Wildman–Crippen LogP) is 1.33. The maximum atomic E-state index is 12.4. The third-order valence-electron chi connectivity index (χ3n) is 4.86. The van der Waals surface area contributed by atoms with Gasteiger partial charge < -0.3 is 15.0 Å². The minimum atomic E-state index is -4.14. The number of aliphatic imine (C=N–C) groups is 1. The van der Waals surface area contributed by atoms with E-state index in [1.54, 1.807) is 7.05 Å². The third kappa shape index (κ3) is 6.05. The SMILES string of the molecule is CN=C(NCC1CCN(CC(F)(F)F)C1)N1CCC(C(=O)OC)CC1. The zero-order chi connectivity index (χ0) is 18.4. The highest BCUT2D eigenvalue weighted by molar-refractivity contribution is 5.80. The van der Waals surface area contributed by atoms with Crippen molar-refractivity contribution in [2.45, 2.75) is 25.4 Å². The molecular weight excluding hydrogens is 337 g/mol. The van der Waals surface area contributed by atoms with Gasteiger partial charge in [-0.25, -0.2) is 0 Å². The number of halogens is 3. The highest BCUT2D eigenvalue weighted by atomic mass is 19.4. The van der Waals surface area contributed by atoms with Gasteiger partial charge in [-0.05, 0) is 31.7 Å². The van der Waals surface area contributed by atoms with Gasteiger partial charge in [-0.2, -0.15) is 13.2 Å². The molecule has 0 aromatic rings. The zero-order valence-electron chi connectivity index (χ0n) is 14.8. The van der Waals surface area contributed by atoms with Crippen molar-refractivity contribution in [2.75, 3.05) is 53.4 Å². The van der Waals surface area contributed by atoms with E-state index < -0.39 is 12.7 Å². The van der Waals surface area contributed by atoms with Gasteiger partial charge in [-0.15, -0.1) is 0 Å². The minimum absolute atomic E-state index is 0.0647. The van der Waals surface area contributed by atoms with Crippen molar-refractivity contribution in [3.05, 3.63) is 0 Å². The lowest BCUT2D eigenvalue weighted by Gasteiger charge is -2.33. The van der Waals surface area contributed by atoms with E-state index in [1.165, 1.54) is 12.0 Å². The Bertz CT molecular complexity index is 476. The second-order valence-corrected chi connectivity index (χ2v) is 6.72. The van der Waals surface area contributed by atoms with Gasteiger partial charge in [0.25, 0.3) is 0 Å². The highest BCUT2D eigenvalue weighted by Gasteiger charge is 2.34. The Hall–Kier alpha value is -1.51. The van der Waals surface area contributed by atoms with Crippen LogP contribution >= 0.6 is 0 Å². The van der Waals surface area contributed by atoms with Gasteiger partial charge >= 0.3 is 12.1 Å². The van der Waals surface area contributed by atoms with E-state index in [9.17, 15) is 18.0 Å². The molecule has 144 valence electrons. The Morgan fingerprint density at radius 2 is 1.92 bits per heavy atom. The van der Waals surface area contributed by atoms with E-state index in [1.807, 2.05) is 0 Å². The van der Waals surface area contributed by atoms with Crippen LogP contribution in [0.1, 0.15) is 19.3 Å². The smallest absolute Gasteiger partial charge is 0.401 e. The normalized spacial score (nSPS) is 23.8. The molecule has 25 heavy (non-hydrogen) atoms. The summed E-state index contributed by atoms with van der Waals surface area (Å²) in [5, 5.41) is 3.27. The number of rotatable bonds is 4. The fourth-order valence-electron chi connectivity index (χ4n) is 3.54. The van der Waals surface area contributed by atoms with Crippen LogP contribution in [0.25, 0.3) is 0 Å². The highest BCUT2D eigenvalue weighted by Crippen LogP contribution is 2.23. The first-order valence-corrected chi connectivity index (χ1v) is 8.65. The topological polar surface area (TPSA) is 57.2 Å². The number of carbonyl (C=O) groups excluding carboxylic acids is 1. The number of carbonyl (C=O) groups is 1. The lowest BCUT2D eigenvalue weighted by Crippen LogP contribution is -2.47. The van der Waals surface area contributed by atoms with Crippen LogP contribution in [-0.2, 0) is 9.53 Å². The summed E-state index contributed by atoms with van der Waals surface area (Å²) in [6.45, 7) is 2.13. The van der Waals surface area contributed by atoms with Crippen LogP contribution in [-0.4, -0.2) is 81.3 Å². The van der Waals surface area contributed by atoms with Gasteiger partial charge in [0.2, 0.25) is 0 Å². The summed E-state index contributed by atoms with van der Waals surface area (Å²) in [6.07, 6.45) is -1.95. The van der Waals surface area contributed by atoms with E-state index in [0.29, 0.717) is 32.7 Å². The number of hydrogen-bond donors (Lipinski definition) is 1. The Morgan fingerprint density at radius 3 is 2.48 bits per heavy atom. The first kappa shape index (κ1) is 19.8. The molecule has 6 nitrogen and oxygen atoms in total. The number of likely N-dealkylation sites (tertiary alicyclic amines) is 2. The van der Waals surface area contributed by atoms with E-state index in [0.717, 1.165) is 25.2 Å². The Labute approximate surface area is 146 Å². The Kier molecular flexibility index (Phi) is 6.92. The molecule has 0 spiro atoms. The first-order valence-electron chi connectivity index (χ1n) is 8.65. The molecule has 1 atom stereocenters. The molecule has 0 aromatic heterocycles. The van der Waals surface area contributed by atoms with Gasteiger partial charge in [0, 0.05) is 33.2 Å². The molecule has 0 aromatic carbocycles. The molecule has 0 aliphatic carbocycles. The number of esters is 1. The Balaban J connectivity index is 1.74. The number of ether oxygens (including phenoxy) is 1. The van der Waals surface area contributed by atoms with Crippen LogP contribution in [0.15, 0.2) is 4.99 Å². The van der Waals surface area contributed by atoms with Crippen molar-refractivity contribution in [3.63, 3.8) is 0 Å². The van der Waals surface area contributed by atoms with Crippen molar-refractivity contribution < 1.29 is 22.7 Å². The van der Waals surface area contributed by atoms with Crippen LogP contribution in [0.3, 0.4) is 0 Å². The number of guanidine groups is 1. The summed E-state index contributed by atoms with van der Waals surface area (Å²) in [4.78, 5) is 19.4. The first-order chi connectivity index (χ1) is 11.8.